The smallest absolute Gasteiger partial charge is 0.163 e. The van der Waals surface area contributed by atoms with Crippen LogP contribution in [0.3, 0.4) is 0 Å². The second-order valence-corrected chi connectivity index (χ2v) is 6.12. The monoisotopic (exact) mass is 353 g/mol. The fourth-order valence-corrected chi connectivity index (χ4v) is 3.00. The van der Waals surface area contributed by atoms with Crippen LogP contribution in [0.2, 0.25) is 5.02 Å². The van der Waals surface area contributed by atoms with Gasteiger partial charge >= 0.3 is 0 Å². The molecule has 4 rings (SSSR count). The summed E-state index contributed by atoms with van der Waals surface area (Å²) < 4.78 is 1.79. The molecule has 0 saturated heterocycles. The predicted octanol–water partition coefficient (Wildman–Crippen LogP) is 5.46. The Balaban J connectivity index is 2.03. The minimum absolute atomic E-state index is 0.367. The van der Waals surface area contributed by atoms with E-state index in [0.717, 1.165) is 33.7 Å². The van der Waals surface area contributed by atoms with Gasteiger partial charge in [-0.3, -0.25) is 0 Å². The van der Waals surface area contributed by atoms with E-state index >= 15 is 0 Å². The summed E-state index contributed by atoms with van der Waals surface area (Å²) in [5.41, 5.74) is 5.54. The van der Waals surface area contributed by atoms with Crippen LogP contribution in [0.4, 0.5) is 0 Å². The maximum atomic E-state index is 6.02. The molecule has 0 atom stereocenters. The molecule has 0 bridgehead atoms. The van der Waals surface area contributed by atoms with E-state index in [1.54, 1.807) is 4.52 Å². The Labute approximate surface area is 149 Å². The molecule has 0 unspecified atom stereocenters. The molecule has 24 heavy (non-hydrogen) atoms. The molecule has 2 aromatic carbocycles. The van der Waals surface area contributed by atoms with Crippen LogP contribution in [0.25, 0.3) is 28.0 Å². The van der Waals surface area contributed by atoms with Crippen LogP contribution in [0.15, 0.2) is 66.9 Å². The van der Waals surface area contributed by atoms with Gasteiger partial charge in [-0.1, -0.05) is 54.1 Å². The Morgan fingerprint density at radius 3 is 2.33 bits per heavy atom. The summed E-state index contributed by atoms with van der Waals surface area (Å²) in [5.74, 6) is 0.367. The van der Waals surface area contributed by atoms with Crippen LogP contribution in [0.1, 0.15) is 5.69 Å². The Morgan fingerprint density at radius 1 is 0.875 bits per heavy atom. The largest absolute Gasteiger partial charge is 0.232 e. The highest BCUT2D eigenvalue weighted by Crippen LogP contribution is 2.34. The fraction of sp³-hybridized carbons (Fsp3) is 0.0526. The zero-order valence-electron chi connectivity index (χ0n) is 12.7. The molecule has 0 N–H and O–H groups in total. The molecular weight excluding hydrogens is 341 g/mol. The molecule has 2 aromatic heterocycles. The number of aromatic nitrogens is 3. The molecule has 0 fully saturated rings. The second-order valence-electron chi connectivity index (χ2n) is 5.42. The summed E-state index contributed by atoms with van der Waals surface area (Å²) in [6, 6.07) is 19.7. The molecule has 0 aliphatic carbocycles. The molecule has 5 heteroatoms. The van der Waals surface area contributed by atoms with Crippen molar-refractivity contribution >= 4 is 28.8 Å². The Kier molecular flexibility index (Phi) is 3.97. The number of halogens is 2. The van der Waals surface area contributed by atoms with E-state index in [1.165, 1.54) is 0 Å². The molecule has 0 aliphatic rings. The summed E-state index contributed by atoms with van der Waals surface area (Å²) in [6.45, 7) is 0. The van der Waals surface area contributed by atoms with Crippen LogP contribution in [-0.4, -0.2) is 14.6 Å². The van der Waals surface area contributed by atoms with Gasteiger partial charge in [0.1, 0.15) is 5.69 Å². The first-order chi connectivity index (χ1) is 11.8. The van der Waals surface area contributed by atoms with Crippen molar-refractivity contribution in [3.05, 3.63) is 77.6 Å². The van der Waals surface area contributed by atoms with Crippen molar-refractivity contribution in [3.63, 3.8) is 0 Å². The van der Waals surface area contributed by atoms with Crippen LogP contribution >= 0.6 is 23.2 Å². The van der Waals surface area contributed by atoms with Crippen molar-refractivity contribution in [1.82, 2.24) is 14.6 Å². The van der Waals surface area contributed by atoms with E-state index in [4.69, 9.17) is 28.3 Å². The third-order valence-corrected chi connectivity index (χ3v) is 4.39. The van der Waals surface area contributed by atoms with Crippen molar-refractivity contribution < 1.29 is 0 Å². The number of hydrogen-bond acceptors (Lipinski definition) is 2. The standard InChI is InChI=1S/C19H13Cl2N3/c20-12-16-10-11-24-19(22-16)17(13-4-2-1-3-5-13)18(23-24)14-6-8-15(21)9-7-14/h1-11H,12H2. The van der Waals surface area contributed by atoms with Gasteiger partial charge < -0.3 is 0 Å². The van der Waals surface area contributed by atoms with Gasteiger partial charge in [-0.25, -0.2) is 9.50 Å². The molecule has 0 saturated carbocycles. The van der Waals surface area contributed by atoms with Crippen LogP contribution in [0.5, 0.6) is 0 Å². The molecule has 118 valence electrons. The zero-order chi connectivity index (χ0) is 16.5. The normalized spacial score (nSPS) is 11.1. The van der Waals surface area contributed by atoms with Gasteiger partial charge in [0, 0.05) is 16.8 Å². The van der Waals surface area contributed by atoms with Gasteiger partial charge in [0.2, 0.25) is 0 Å². The van der Waals surface area contributed by atoms with Crippen molar-refractivity contribution in [2.24, 2.45) is 0 Å². The quantitative estimate of drug-likeness (QED) is 0.458. The number of hydrogen-bond donors (Lipinski definition) is 0. The highest BCUT2D eigenvalue weighted by molar-refractivity contribution is 6.30. The minimum atomic E-state index is 0.367. The molecule has 0 amide bonds. The van der Waals surface area contributed by atoms with Crippen LogP contribution < -0.4 is 0 Å². The van der Waals surface area contributed by atoms with E-state index in [9.17, 15) is 0 Å². The average molecular weight is 354 g/mol. The average Bonchev–Trinajstić information content (AvgIpc) is 3.01. The first-order valence-corrected chi connectivity index (χ1v) is 8.43. The summed E-state index contributed by atoms with van der Waals surface area (Å²) in [4.78, 5) is 4.68. The van der Waals surface area contributed by atoms with Crippen molar-refractivity contribution in [3.8, 4) is 22.4 Å². The van der Waals surface area contributed by atoms with Gasteiger partial charge in [0.05, 0.1) is 17.1 Å². The number of alkyl halides is 1. The summed E-state index contributed by atoms with van der Waals surface area (Å²) in [5, 5.41) is 5.43. The molecule has 2 heterocycles. The van der Waals surface area contributed by atoms with Gasteiger partial charge in [-0.2, -0.15) is 5.10 Å². The maximum Gasteiger partial charge on any atom is 0.163 e. The van der Waals surface area contributed by atoms with Crippen LogP contribution in [0, 0.1) is 0 Å². The number of rotatable bonds is 3. The van der Waals surface area contributed by atoms with E-state index < -0.39 is 0 Å². The summed E-state index contributed by atoms with van der Waals surface area (Å²) in [6.07, 6.45) is 1.89. The molecule has 0 aliphatic heterocycles. The zero-order valence-corrected chi connectivity index (χ0v) is 14.2. The van der Waals surface area contributed by atoms with Gasteiger partial charge in [0.25, 0.3) is 0 Å². The Hall–Kier alpha value is -2.36. The molecule has 3 nitrogen and oxygen atoms in total. The second kappa shape index (κ2) is 6.27. The Bertz CT molecular complexity index is 992. The third kappa shape index (κ3) is 2.66. The fourth-order valence-electron chi connectivity index (χ4n) is 2.72. The van der Waals surface area contributed by atoms with E-state index in [0.29, 0.717) is 10.9 Å². The number of nitrogens with zero attached hydrogens (tertiary/aromatic N) is 3. The van der Waals surface area contributed by atoms with Crippen molar-refractivity contribution in [1.29, 1.82) is 0 Å². The highest BCUT2D eigenvalue weighted by Gasteiger charge is 2.17. The Morgan fingerprint density at radius 2 is 1.62 bits per heavy atom. The lowest BCUT2D eigenvalue weighted by molar-refractivity contribution is 0.930. The predicted molar refractivity (Wildman–Crippen MR) is 98.4 cm³/mol. The molecule has 0 spiro atoms. The lowest BCUT2D eigenvalue weighted by Crippen LogP contribution is -1.93. The first-order valence-electron chi connectivity index (χ1n) is 7.52. The minimum Gasteiger partial charge on any atom is -0.232 e. The number of benzene rings is 2. The van der Waals surface area contributed by atoms with E-state index in [2.05, 4.69) is 17.1 Å². The molecule has 4 aromatic rings. The third-order valence-electron chi connectivity index (χ3n) is 3.86. The SMILES string of the molecule is ClCc1ccn2nc(-c3ccc(Cl)cc3)c(-c3ccccc3)c2n1. The van der Waals surface area contributed by atoms with Crippen LogP contribution in [-0.2, 0) is 5.88 Å². The lowest BCUT2D eigenvalue weighted by Gasteiger charge is -2.04. The first kappa shape index (κ1) is 15.2. The highest BCUT2D eigenvalue weighted by atomic mass is 35.5. The van der Waals surface area contributed by atoms with E-state index in [-0.39, 0.29) is 0 Å². The number of fused-ring (bicyclic) bond motifs is 1. The van der Waals surface area contributed by atoms with E-state index in [1.807, 2.05) is 54.7 Å². The maximum absolute atomic E-state index is 6.02. The topological polar surface area (TPSA) is 30.2 Å². The van der Waals surface area contributed by atoms with Crippen molar-refractivity contribution in [2.45, 2.75) is 5.88 Å². The van der Waals surface area contributed by atoms with Gasteiger partial charge in [0.15, 0.2) is 5.65 Å². The lowest BCUT2D eigenvalue weighted by atomic mass is 10.0. The van der Waals surface area contributed by atoms with Gasteiger partial charge in [-0.15, -0.1) is 11.6 Å². The molecule has 0 radical (unpaired) electrons. The summed E-state index contributed by atoms with van der Waals surface area (Å²) in [7, 11) is 0. The molecular formula is C19H13Cl2N3. The van der Waals surface area contributed by atoms with Gasteiger partial charge in [-0.05, 0) is 23.8 Å². The van der Waals surface area contributed by atoms with Crippen molar-refractivity contribution in [2.75, 3.05) is 0 Å². The summed E-state index contributed by atoms with van der Waals surface area (Å²) >= 11 is 12.0.